The van der Waals surface area contributed by atoms with E-state index in [4.69, 9.17) is 4.74 Å². The summed E-state index contributed by atoms with van der Waals surface area (Å²) in [5.41, 5.74) is 2.12. The van der Waals surface area contributed by atoms with Crippen molar-refractivity contribution in [2.24, 2.45) is 0 Å². The van der Waals surface area contributed by atoms with Gasteiger partial charge in [-0.1, -0.05) is 12.1 Å². The second kappa shape index (κ2) is 8.28. The van der Waals surface area contributed by atoms with E-state index in [0.29, 0.717) is 11.3 Å². The number of carbonyl (C=O) groups is 2. The Morgan fingerprint density at radius 2 is 1.84 bits per heavy atom. The molecule has 0 aliphatic heterocycles. The highest BCUT2D eigenvalue weighted by Gasteiger charge is 2.18. The van der Waals surface area contributed by atoms with E-state index < -0.39 is 23.8 Å². The van der Waals surface area contributed by atoms with Crippen LogP contribution in [0.3, 0.4) is 0 Å². The highest BCUT2D eigenvalue weighted by Crippen LogP contribution is 2.16. The Morgan fingerprint density at radius 3 is 2.44 bits per heavy atom. The van der Waals surface area contributed by atoms with Gasteiger partial charge in [0.25, 0.3) is 5.91 Å². The topological polar surface area (TPSA) is 58.6 Å². The number of amides is 1. The molecule has 6 heteroatoms. The summed E-state index contributed by atoms with van der Waals surface area (Å²) in [6.07, 6.45) is -1.04. The lowest BCUT2D eigenvalue weighted by atomic mass is 10.1. The summed E-state index contributed by atoms with van der Waals surface area (Å²) < 4.78 is 18.2. The quantitative estimate of drug-likeness (QED) is 0.819. The van der Waals surface area contributed by atoms with E-state index >= 15 is 0 Å². The molecule has 0 spiro atoms. The second-order valence-electron chi connectivity index (χ2n) is 5.87. The van der Waals surface area contributed by atoms with Crippen molar-refractivity contribution in [2.75, 3.05) is 24.3 Å². The molecule has 1 atom stereocenters. The minimum atomic E-state index is -0.949. The van der Waals surface area contributed by atoms with Crippen LogP contribution in [0.1, 0.15) is 12.5 Å². The molecular weight excluding hydrogens is 323 g/mol. The van der Waals surface area contributed by atoms with E-state index in [-0.39, 0.29) is 6.42 Å². The first-order valence-corrected chi connectivity index (χ1v) is 7.87. The Labute approximate surface area is 146 Å². The molecule has 0 aliphatic rings. The number of rotatable bonds is 6. The summed E-state index contributed by atoms with van der Waals surface area (Å²) in [6.45, 7) is 1.49. The van der Waals surface area contributed by atoms with Crippen molar-refractivity contribution in [3.63, 3.8) is 0 Å². The summed E-state index contributed by atoms with van der Waals surface area (Å²) in [4.78, 5) is 25.9. The number of hydrogen-bond acceptors (Lipinski definition) is 4. The fourth-order valence-corrected chi connectivity index (χ4v) is 2.19. The standard InChI is InChI=1S/C19H21FN2O3/c1-13(25-18(23)12-14-5-4-6-15(20)11-14)19(24)21-16-7-9-17(10-8-16)22(2)3/h4-11,13H,12H2,1-3H3,(H,21,24)/t13-/m0/s1. The van der Waals surface area contributed by atoms with Gasteiger partial charge in [-0.15, -0.1) is 0 Å². The number of benzene rings is 2. The van der Waals surface area contributed by atoms with Crippen LogP contribution in [0.5, 0.6) is 0 Å². The molecule has 0 unspecified atom stereocenters. The first-order chi connectivity index (χ1) is 11.8. The van der Waals surface area contributed by atoms with Crippen LogP contribution in [-0.4, -0.2) is 32.1 Å². The normalized spacial score (nSPS) is 11.5. The van der Waals surface area contributed by atoms with Crippen LogP contribution in [0.4, 0.5) is 15.8 Å². The number of esters is 1. The van der Waals surface area contributed by atoms with E-state index in [0.717, 1.165) is 5.69 Å². The molecule has 0 fully saturated rings. The molecular formula is C19H21FN2O3. The fraction of sp³-hybridized carbons (Fsp3) is 0.263. The Hall–Kier alpha value is -2.89. The van der Waals surface area contributed by atoms with Crippen LogP contribution >= 0.6 is 0 Å². The lowest BCUT2D eigenvalue weighted by Crippen LogP contribution is -2.30. The van der Waals surface area contributed by atoms with Crippen molar-refractivity contribution in [3.05, 3.63) is 59.9 Å². The third-order valence-corrected chi connectivity index (χ3v) is 3.57. The molecule has 0 saturated carbocycles. The summed E-state index contributed by atoms with van der Waals surface area (Å²) >= 11 is 0. The zero-order valence-electron chi connectivity index (χ0n) is 14.5. The van der Waals surface area contributed by atoms with Gasteiger partial charge in [0.15, 0.2) is 6.10 Å². The lowest BCUT2D eigenvalue weighted by molar-refractivity contribution is -0.152. The summed E-state index contributed by atoms with van der Waals surface area (Å²) in [5, 5.41) is 2.69. The Morgan fingerprint density at radius 1 is 1.16 bits per heavy atom. The SMILES string of the molecule is C[C@H](OC(=O)Cc1cccc(F)c1)C(=O)Nc1ccc(N(C)C)cc1. The first-order valence-electron chi connectivity index (χ1n) is 7.87. The Kier molecular flexibility index (Phi) is 6.11. The number of halogens is 1. The van der Waals surface area contributed by atoms with Crippen LogP contribution in [0.25, 0.3) is 0 Å². The summed E-state index contributed by atoms with van der Waals surface area (Å²) in [7, 11) is 3.85. The van der Waals surface area contributed by atoms with Crippen molar-refractivity contribution in [2.45, 2.75) is 19.4 Å². The van der Waals surface area contributed by atoms with E-state index in [1.54, 1.807) is 18.2 Å². The number of carbonyl (C=O) groups excluding carboxylic acids is 2. The molecule has 25 heavy (non-hydrogen) atoms. The molecule has 1 amide bonds. The largest absolute Gasteiger partial charge is 0.452 e. The van der Waals surface area contributed by atoms with Gasteiger partial charge in [0.2, 0.25) is 0 Å². The Balaban J connectivity index is 1.87. The third-order valence-electron chi connectivity index (χ3n) is 3.57. The molecule has 5 nitrogen and oxygen atoms in total. The van der Waals surface area contributed by atoms with Gasteiger partial charge < -0.3 is 15.0 Å². The maximum atomic E-state index is 13.1. The molecule has 0 heterocycles. The number of anilines is 2. The average Bonchev–Trinajstić information content (AvgIpc) is 2.55. The molecule has 2 rings (SSSR count). The van der Waals surface area contributed by atoms with Gasteiger partial charge in [-0.25, -0.2) is 4.39 Å². The monoisotopic (exact) mass is 344 g/mol. The zero-order valence-corrected chi connectivity index (χ0v) is 14.5. The van der Waals surface area contributed by atoms with Crippen LogP contribution in [-0.2, 0) is 20.7 Å². The molecule has 0 bridgehead atoms. The van der Waals surface area contributed by atoms with Crippen molar-refractivity contribution in [1.82, 2.24) is 0 Å². The lowest BCUT2D eigenvalue weighted by Gasteiger charge is -2.15. The predicted octanol–water partition coefficient (Wildman–Crippen LogP) is 3.00. The summed E-state index contributed by atoms with van der Waals surface area (Å²) in [6, 6.07) is 13.0. The van der Waals surface area contributed by atoms with Gasteiger partial charge in [0, 0.05) is 25.5 Å². The summed E-state index contributed by atoms with van der Waals surface area (Å²) in [5.74, 6) is -1.43. The van der Waals surface area contributed by atoms with Gasteiger partial charge in [0.1, 0.15) is 5.82 Å². The number of ether oxygens (including phenoxy) is 1. The van der Waals surface area contributed by atoms with Crippen LogP contribution in [0.15, 0.2) is 48.5 Å². The zero-order chi connectivity index (χ0) is 18.4. The maximum absolute atomic E-state index is 13.1. The van der Waals surface area contributed by atoms with E-state index in [2.05, 4.69) is 5.32 Å². The van der Waals surface area contributed by atoms with E-state index in [1.165, 1.54) is 25.1 Å². The molecule has 0 aromatic heterocycles. The molecule has 0 aliphatic carbocycles. The number of hydrogen-bond donors (Lipinski definition) is 1. The Bertz CT molecular complexity index is 745. The predicted molar refractivity (Wildman–Crippen MR) is 95.1 cm³/mol. The van der Waals surface area contributed by atoms with Gasteiger partial charge in [-0.3, -0.25) is 9.59 Å². The number of nitrogens with one attached hydrogen (secondary N) is 1. The minimum Gasteiger partial charge on any atom is -0.452 e. The van der Waals surface area contributed by atoms with Crippen molar-refractivity contribution >= 4 is 23.3 Å². The van der Waals surface area contributed by atoms with Crippen molar-refractivity contribution < 1.29 is 18.7 Å². The van der Waals surface area contributed by atoms with Gasteiger partial charge >= 0.3 is 5.97 Å². The minimum absolute atomic E-state index is 0.0904. The van der Waals surface area contributed by atoms with Crippen molar-refractivity contribution in [3.8, 4) is 0 Å². The molecule has 0 saturated heterocycles. The van der Waals surface area contributed by atoms with Gasteiger partial charge in [0.05, 0.1) is 6.42 Å². The first kappa shape index (κ1) is 18.4. The van der Waals surface area contributed by atoms with E-state index in [1.807, 2.05) is 31.1 Å². The third kappa shape index (κ3) is 5.60. The maximum Gasteiger partial charge on any atom is 0.311 e. The van der Waals surface area contributed by atoms with Crippen LogP contribution < -0.4 is 10.2 Å². The van der Waals surface area contributed by atoms with E-state index in [9.17, 15) is 14.0 Å². The second-order valence-corrected chi connectivity index (χ2v) is 5.87. The average molecular weight is 344 g/mol. The molecule has 2 aromatic carbocycles. The highest BCUT2D eigenvalue weighted by atomic mass is 19.1. The number of nitrogens with zero attached hydrogens (tertiary/aromatic N) is 1. The molecule has 1 N–H and O–H groups in total. The highest BCUT2D eigenvalue weighted by molar-refractivity contribution is 5.95. The molecule has 132 valence electrons. The van der Waals surface area contributed by atoms with Gasteiger partial charge in [-0.2, -0.15) is 0 Å². The van der Waals surface area contributed by atoms with Gasteiger partial charge in [-0.05, 0) is 48.9 Å². The molecule has 2 aromatic rings. The van der Waals surface area contributed by atoms with Crippen LogP contribution in [0.2, 0.25) is 0 Å². The van der Waals surface area contributed by atoms with Crippen molar-refractivity contribution in [1.29, 1.82) is 0 Å². The smallest absolute Gasteiger partial charge is 0.311 e. The fourth-order valence-electron chi connectivity index (χ4n) is 2.19. The van der Waals surface area contributed by atoms with Crippen LogP contribution in [0, 0.1) is 5.82 Å². The molecule has 0 radical (unpaired) electrons.